The van der Waals surface area contributed by atoms with Gasteiger partial charge in [-0.15, -0.1) is 12.4 Å². The highest BCUT2D eigenvalue weighted by molar-refractivity contribution is 6.05. The van der Waals surface area contributed by atoms with Crippen LogP contribution in [0.2, 0.25) is 0 Å². The smallest absolute Gasteiger partial charge is 0.256 e. The Bertz CT molecular complexity index is 627. The predicted molar refractivity (Wildman–Crippen MR) is 85.6 cm³/mol. The summed E-state index contributed by atoms with van der Waals surface area (Å²) in [5.41, 5.74) is 7.35. The summed E-state index contributed by atoms with van der Waals surface area (Å²) in [6.45, 7) is 3.53. The Labute approximate surface area is 130 Å². The first kappa shape index (κ1) is 15.8. The Hall–Kier alpha value is -1.59. The van der Waals surface area contributed by atoms with Gasteiger partial charge >= 0.3 is 0 Å². The molecule has 0 aliphatic carbocycles. The standard InChI is InChI=1S/C15H20N4O.ClH/c1-10-5-6-19(12(7-10)8-16)15(20)13-4-2-3-11-9-17-18-14(11)13;/h2-4,9-10,12H,5-8,16H2,1H3,(H,17,18);1H. The fourth-order valence-corrected chi connectivity index (χ4v) is 3.04. The fraction of sp³-hybridized carbons (Fsp3) is 0.467. The molecule has 5 nitrogen and oxygen atoms in total. The number of carbonyl (C=O) groups excluding carboxylic acids is 1. The van der Waals surface area contributed by atoms with E-state index in [1.807, 2.05) is 23.1 Å². The van der Waals surface area contributed by atoms with Gasteiger partial charge in [0.2, 0.25) is 0 Å². The van der Waals surface area contributed by atoms with Crippen LogP contribution in [0.15, 0.2) is 24.4 Å². The molecule has 0 spiro atoms. The number of hydrogen-bond acceptors (Lipinski definition) is 3. The molecular weight excluding hydrogens is 288 g/mol. The van der Waals surface area contributed by atoms with Gasteiger partial charge in [0.15, 0.2) is 0 Å². The van der Waals surface area contributed by atoms with Gasteiger partial charge in [-0.3, -0.25) is 9.89 Å². The van der Waals surface area contributed by atoms with Gasteiger partial charge in [-0.25, -0.2) is 0 Å². The van der Waals surface area contributed by atoms with Gasteiger partial charge in [0.25, 0.3) is 5.91 Å². The summed E-state index contributed by atoms with van der Waals surface area (Å²) in [6.07, 6.45) is 3.77. The van der Waals surface area contributed by atoms with Crippen LogP contribution in [0.4, 0.5) is 0 Å². The zero-order valence-electron chi connectivity index (χ0n) is 12.1. The SMILES string of the molecule is CC1CCN(C(=O)c2cccc3cn[nH]c23)C(CN)C1.Cl. The minimum absolute atomic E-state index is 0. The number of aromatic amines is 1. The lowest BCUT2D eigenvalue weighted by Crippen LogP contribution is -2.49. The van der Waals surface area contributed by atoms with Gasteiger partial charge in [-0.1, -0.05) is 19.1 Å². The minimum Gasteiger partial charge on any atom is -0.334 e. The lowest BCUT2D eigenvalue weighted by atomic mass is 9.91. The number of hydrogen-bond donors (Lipinski definition) is 2. The maximum atomic E-state index is 12.8. The summed E-state index contributed by atoms with van der Waals surface area (Å²) in [5, 5.41) is 7.90. The third kappa shape index (κ3) is 2.89. The highest BCUT2D eigenvalue weighted by Gasteiger charge is 2.30. The minimum atomic E-state index is 0. The Morgan fingerprint density at radius 2 is 2.33 bits per heavy atom. The first-order valence-corrected chi connectivity index (χ1v) is 7.14. The lowest BCUT2D eigenvalue weighted by molar-refractivity contribution is 0.0575. The number of H-pyrrole nitrogens is 1. The van der Waals surface area contributed by atoms with Crippen molar-refractivity contribution in [3.8, 4) is 0 Å². The second-order valence-corrected chi connectivity index (χ2v) is 5.66. The molecule has 1 aliphatic rings. The number of nitrogens with two attached hydrogens (primary N) is 1. The third-order valence-corrected chi connectivity index (χ3v) is 4.22. The van der Waals surface area contributed by atoms with Gasteiger partial charge in [-0.05, 0) is 24.8 Å². The summed E-state index contributed by atoms with van der Waals surface area (Å²) >= 11 is 0. The molecule has 1 fully saturated rings. The average molecular weight is 309 g/mol. The second-order valence-electron chi connectivity index (χ2n) is 5.66. The molecule has 6 heteroatoms. The van der Waals surface area contributed by atoms with Gasteiger partial charge < -0.3 is 10.6 Å². The van der Waals surface area contributed by atoms with E-state index in [2.05, 4.69) is 17.1 Å². The normalized spacial score (nSPS) is 22.1. The van der Waals surface area contributed by atoms with Gasteiger partial charge in [0, 0.05) is 24.5 Å². The summed E-state index contributed by atoms with van der Waals surface area (Å²) < 4.78 is 0. The predicted octanol–water partition coefficient (Wildman–Crippen LogP) is 2.18. The number of nitrogens with zero attached hydrogens (tertiary/aromatic N) is 2. The number of aromatic nitrogens is 2. The number of halogens is 1. The van der Waals surface area contributed by atoms with Crippen LogP contribution < -0.4 is 5.73 Å². The summed E-state index contributed by atoms with van der Waals surface area (Å²) in [5.74, 6) is 0.692. The highest BCUT2D eigenvalue weighted by Crippen LogP contribution is 2.25. The molecule has 1 aromatic carbocycles. The molecule has 21 heavy (non-hydrogen) atoms. The van der Waals surface area contributed by atoms with Crippen LogP contribution in [-0.2, 0) is 0 Å². The Balaban J connectivity index is 0.00000161. The Morgan fingerprint density at radius 1 is 1.52 bits per heavy atom. The second kappa shape index (κ2) is 6.45. The number of benzene rings is 1. The van der Waals surface area contributed by atoms with Crippen molar-refractivity contribution in [2.75, 3.05) is 13.1 Å². The molecule has 2 heterocycles. The molecule has 1 aliphatic heterocycles. The van der Waals surface area contributed by atoms with E-state index >= 15 is 0 Å². The molecule has 1 amide bonds. The van der Waals surface area contributed by atoms with E-state index < -0.39 is 0 Å². The van der Waals surface area contributed by atoms with Crippen molar-refractivity contribution >= 4 is 29.2 Å². The van der Waals surface area contributed by atoms with Crippen LogP contribution in [0.25, 0.3) is 10.9 Å². The maximum Gasteiger partial charge on any atom is 0.256 e. The lowest BCUT2D eigenvalue weighted by Gasteiger charge is -2.38. The van der Waals surface area contributed by atoms with Crippen LogP contribution in [0.1, 0.15) is 30.1 Å². The number of piperidine rings is 1. The third-order valence-electron chi connectivity index (χ3n) is 4.22. The monoisotopic (exact) mass is 308 g/mol. The molecule has 0 radical (unpaired) electrons. The van der Waals surface area contributed by atoms with Crippen LogP contribution >= 0.6 is 12.4 Å². The molecule has 1 saturated heterocycles. The number of carbonyl (C=O) groups is 1. The highest BCUT2D eigenvalue weighted by atomic mass is 35.5. The zero-order chi connectivity index (χ0) is 14.1. The molecule has 0 saturated carbocycles. The summed E-state index contributed by atoms with van der Waals surface area (Å²) in [4.78, 5) is 14.7. The van der Waals surface area contributed by atoms with E-state index in [1.165, 1.54) is 0 Å². The quantitative estimate of drug-likeness (QED) is 0.893. The summed E-state index contributed by atoms with van der Waals surface area (Å²) in [6, 6.07) is 5.85. The van der Waals surface area contributed by atoms with Crippen molar-refractivity contribution in [1.82, 2.24) is 15.1 Å². The van der Waals surface area contributed by atoms with E-state index in [4.69, 9.17) is 5.73 Å². The first-order chi connectivity index (χ1) is 9.70. The van der Waals surface area contributed by atoms with Gasteiger partial charge in [0.05, 0.1) is 17.3 Å². The number of amides is 1. The van der Waals surface area contributed by atoms with E-state index in [1.54, 1.807) is 6.20 Å². The Morgan fingerprint density at radius 3 is 3.10 bits per heavy atom. The van der Waals surface area contributed by atoms with E-state index in [0.29, 0.717) is 18.0 Å². The van der Waals surface area contributed by atoms with Crippen molar-refractivity contribution < 1.29 is 4.79 Å². The van der Waals surface area contributed by atoms with E-state index in [9.17, 15) is 4.79 Å². The zero-order valence-corrected chi connectivity index (χ0v) is 12.9. The van der Waals surface area contributed by atoms with E-state index in [-0.39, 0.29) is 24.4 Å². The van der Waals surface area contributed by atoms with Crippen molar-refractivity contribution in [3.63, 3.8) is 0 Å². The molecule has 1 aromatic heterocycles. The molecule has 114 valence electrons. The molecule has 3 N–H and O–H groups in total. The van der Waals surface area contributed by atoms with Crippen molar-refractivity contribution in [3.05, 3.63) is 30.0 Å². The van der Waals surface area contributed by atoms with E-state index in [0.717, 1.165) is 30.3 Å². The van der Waals surface area contributed by atoms with Crippen molar-refractivity contribution in [2.24, 2.45) is 11.7 Å². The van der Waals surface area contributed by atoms with Crippen LogP contribution in [0.3, 0.4) is 0 Å². The number of nitrogens with one attached hydrogen (secondary N) is 1. The number of likely N-dealkylation sites (tertiary alicyclic amines) is 1. The van der Waals surface area contributed by atoms with Crippen LogP contribution in [0.5, 0.6) is 0 Å². The van der Waals surface area contributed by atoms with Crippen LogP contribution in [-0.4, -0.2) is 40.1 Å². The van der Waals surface area contributed by atoms with Crippen molar-refractivity contribution in [1.29, 1.82) is 0 Å². The molecule has 2 aromatic rings. The average Bonchev–Trinajstić information content (AvgIpc) is 2.94. The number of rotatable bonds is 2. The molecule has 3 rings (SSSR count). The largest absolute Gasteiger partial charge is 0.334 e. The van der Waals surface area contributed by atoms with Gasteiger partial charge in [-0.2, -0.15) is 5.10 Å². The molecule has 0 bridgehead atoms. The molecule has 2 unspecified atom stereocenters. The van der Waals surface area contributed by atoms with Crippen LogP contribution in [0, 0.1) is 5.92 Å². The number of para-hydroxylation sites is 1. The van der Waals surface area contributed by atoms with Gasteiger partial charge in [0.1, 0.15) is 0 Å². The summed E-state index contributed by atoms with van der Waals surface area (Å²) in [7, 11) is 0. The maximum absolute atomic E-state index is 12.8. The number of fused-ring (bicyclic) bond motifs is 1. The first-order valence-electron chi connectivity index (χ1n) is 7.14. The molecular formula is C15H21ClN4O. The fourth-order valence-electron chi connectivity index (χ4n) is 3.04. The Kier molecular flexibility index (Phi) is 4.85. The topological polar surface area (TPSA) is 75.0 Å². The molecule has 2 atom stereocenters. The van der Waals surface area contributed by atoms with Crippen molar-refractivity contribution in [2.45, 2.75) is 25.8 Å².